The zero-order chi connectivity index (χ0) is 12.0. The van der Waals surface area contributed by atoms with Gasteiger partial charge in [-0.15, -0.1) is 11.3 Å². The molecule has 3 N–H and O–H groups in total. The van der Waals surface area contributed by atoms with Crippen LogP contribution in [-0.4, -0.2) is 9.97 Å². The van der Waals surface area contributed by atoms with Crippen LogP contribution in [0.1, 0.15) is 0 Å². The van der Waals surface area contributed by atoms with E-state index in [0.29, 0.717) is 16.3 Å². The lowest BCUT2D eigenvalue weighted by atomic mass is 10.3. The molecule has 3 nitrogen and oxygen atoms in total. The molecule has 0 unspecified atom stereocenters. The molecule has 0 saturated heterocycles. The SMILES string of the molecule is Nc1ccc(-c2nc3c(F)cc(F)cc3[nH]2)s1. The van der Waals surface area contributed by atoms with E-state index in [1.807, 2.05) is 0 Å². The number of nitrogens with two attached hydrogens (primary N) is 1. The van der Waals surface area contributed by atoms with Crippen molar-refractivity contribution < 1.29 is 8.78 Å². The van der Waals surface area contributed by atoms with Crippen LogP contribution >= 0.6 is 11.3 Å². The summed E-state index contributed by atoms with van der Waals surface area (Å²) in [6.07, 6.45) is 0. The van der Waals surface area contributed by atoms with E-state index < -0.39 is 11.6 Å². The van der Waals surface area contributed by atoms with Gasteiger partial charge in [0, 0.05) is 6.07 Å². The first kappa shape index (κ1) is 10.2. The van der Waals surface area contributed by atoms with Crippen molar-refractivity contribution in [3.05, 3.63) is 35.9 Å². The van der Waals surface area contributed by atoms with Gasteiger partial charge in [0.25, 0.3) is 0 Å². The van der Waals surface area contributed by atoms with E-state index >= 15 is 0 Å². The van der Waals surface area contributed by atoms with Gasteiger partial charge in [-0.05, 0) is 18.2 Å². The molecule has 3 rings (SSSR count). The number of rotatable bonds is 1. The lowest BCUT2D eigenvalue weighted by molar-refractivity contribution is 0.591. The van der Waals surface area contributed by atoms with Crippen molar-refractivity contribution in [3.63, 3.8) is 0 Å². The molecule has 0 aliphatic carbocycles. The minimum absolute atomic E-state index is 0.133. The number of aromatic nitrogens is 2. The van der Waals surface area contributed by atoms with Gasteiger partial charge < -0.3 is 10.7 Å². The van der Waals surface area contributed by atoms with Crippen LogP contribution in [-0.2, 0) is 0 Å². The van der Waals surface area contributed by atoms with Crippen LogP contribution in [0, 0.1) is 11.6 Å². The van der Waals surface area contributed by atoms with Crippen molar-refractivity contribution >= 4 is 27.4 Å². The number of hydrogen-bond donors (Lipinski definition) is 2. The smallest absolute Gasteiger partial charge is 0.153 e. The fourth-order valence-electron chi connectivity index (χ4n) is 1.64. The number of fused-ring (bicyclic) bond motifs is 1. The third-order valence-electron chi connectivity index (χ3n) is 2.37. The lowest BCUT2D eigenvalue weighted by Crippen LogP contribution is -1.81. The average molecular weight is 251 g/mol. The summed E-state index contributed by atoms with van der Waals surface area (Å²) in [4.78, 5) is 7.76. The molecule has 1 aromatic carbocycles. The largest absolute Gasteiger partial charge is 0.391 e. The minimum Gasteiger partial charge on any atom is -0.391 e. The third kappa shape index (κ3) is 1.66. The van der Waals surface area contributed by atoms with Gasteiger partial charge in [0.2, 0.25) is 0 Å². The van der Waals surface area contributed by atoms with Gasteiger partial charge in [0.15, 0.2) is 5.82 Å². The first-order chi connectivity index (χ1) is 8.13. The van der Waals surface area contributed by atoms with Crippen LogP contribution in [0.25, 0.3) is 21.7 Å². The molecule has 0 spiro atoms. The molecule has 6 heteroatoms. The Kier molecular flexibility index (Phi) is 2.12. The maximum Gasteiger partial charge on any atom is 0.153 e. The number of benzene rings is 1. The first-order valence-electron chi connectivity index (χ1n) is 4.84. The number of anilines is 1. The van der Waals surface area contributed by atoms with Gasteiger partial charge in [-0.1, -0.05) is 0 Å². The van der Waals surface area contributed by atoms with E-state index in [1.165, 1.54) is 17.4 Å². The number of hydrogen-bond acceptors (Lipinski definition) is 3. The Labute approximate surface area is 98.9 Å². The van der Waals surface area contributed by atoms with Crippen molar-refractivity contribution in [1.82, 2.24) is 9.97 Å². The summed E-state index contributed by atoms with van der Waals surface area (Å²) in [5.41, 5.74) is 6.08. The van der Waals surface area contributed by atoms with E-state index in [9.17, 15) is 8.78 Å². The second kappa shape index (κ2) is 3.53. The summed E-state index contributed by atoms with van der Waals surface area (Å²) in [5.74, 6) is -0.811. The monoisotopic (exact) mass is 251 g/mol. The molecular weight excluding hydrogens is 244 g/mol. The van der Waals surface area contributed by atoms with Gasteiger partial charge in [0.05, 0.1) is 15.4 Å². The number of nitrogen functional groups attached to an aromatic ring is 1. The summed E-state index contributed by atoms with van der Waals surface area (Å²) in [5, 5.41) is 0.645. The number of nitrogens with one attached hydrogen (secondary N) is 1. The molecule has 2 aromatic heterocycles. The van der Waals surface area contributed by atoms with Crippen molar-refractivity contribution in [1.29, 1.82) is 0 Å². The molecule has 0 aliphatic rings. The Morgan fingerprint density at radius 1 is 1.24 bits per heavy atom. The molecular formula is C11H7F2N3S. The molecule has 0 saturated carbocycles. The van der Waals surface area contributed by atoms with E-state index in [2.05, 4.69) is 9.97 Å². The van der Waals surface area contributed by atoms with E-state index in [-0.39, 0.29) is 5.52 Å². The highest BCUT2D eigenvalue weighted by atomic mass is 32.1. The average Bonchev–Trinajstić information content (AvgIpc) is 2.83. The standard InChI is InChI=1S/C11H7F2N3S/c12-5-3-6(13)10-7(4-5)15-11(16-10)8-1-2-9(14)17-8/h1-4H,14H2,(H,15,16). The van der Waals surface area contributed by atoms with Gasteiger partial charge >= 0.3 is 0 Å². The summed E-state index contributed by atoms with van der Waals surface area (Å²) in [6.45, 7) is 0. The maximum atomic E-state index is 13.4. The number of thiophene rings is 1. The maximum absolute atomic E-state index is 13.4. The quantitative estimate of drug-likeness (QED) is 0.698. The molecule has 0 fully saturated rings. The molecule has 0 radical (unpaired) electrons. The van der Waals surface area contributed by atoms with E-state index in [0.717, 1.165) is 10.9 Å². The Morgan fingerprint density at radius 2 is 2.06 bits per heavy atom. The lowest BCUT2D eigenvalue weighted by Gasteiger charge is -1.90. The second-order valence-corrected chi connectivity index (χ2v) is 4.69. The predicted molar refractivity (Wildman–Crippen MR) is 63.7 cm³/mol. The van der Waals surface area contributed by atoms with Crippen LogP contribution < -0.4 is 5.73 Å². The van der Waals surface area contributed by atoms with Gasteiger partial charge in [-0.25, -0.2) is 13.8 Å². The normalized spacial score (nSPS) is 11.2. The molecule has 86 valence electrons. The zero-order valence-corrected chi connectivity index (χ0v) is 9.31. The third-order valence-corrected chi connectivity index (χ3v) is 3.29. The number of imidazole rings is 1. The van der Waals surface area contributed by atoms with Crippen LogP contribution in [0.2, 0.25) is 0 Å². The van der Waals surface area contributed by atoms with E-state index in [1.54, 1.807) is 12.1 Å². The highest BCUT2D eigenvalue weighted by Gasteiger charge is 2.11. The number of nitrogens with zero attached hydrogens (tertiary/aromatic N) is 1. The topological polar surface area (TPSA) is 54.7 Å². The van der Waals surface area contributed by atoms with Crippen LogP contribution in [0.4, 0.5) is 13.8 Å². The predicted octanol–water partition coefficient (Wildman–Crippen LogP) is 3.15. The molecule has 17 heavy (non-hydrogen) atoms. The summed E-state index contributed by atoms with van der Waals surface area (Å²) < 4.78 is 26.4. The highest BCUT2D eigenvalue weighted by Crippen LogP contribution is 2.29. The fraction of sp³-hybridized carbons (Fsp3) is 0. The Balaban J connectivity index is 2.23. The van der Waals surface area contributed by atoms with Crippen molar-refractivity contribution in [3.8, 4) is 10.7 Å². The molecule has 3 aromatic rings. The Morgan fingerprint density at radius 3 is 2.76 bits per heavy atom. The van der Waals surface area contributed by atoms with Crippen LogP contribution in [0.15, 0.2) is 24.3 Å². The summed E-state index contributed by atoms with van der Waals surface area (Å²) >= 11 is 1.33. The van der Waals surface area contributed by atoms with Gasteiger partial charge in [0.1, 0.15) is 17.2 Å². The molecule has 2 heterocycles. The van der Waals surface area contributed by atoms with Crippen LogP contribution in [0.3, 0.4) is 0 Å². The highest BCUT2D eigenvalue weighted by molar-refractivity contribution is 7.19. The Hall–Kier alpha value is -1.95. The van der Waals surface area contributed by atoms with E-state index in [4.69, 9.17) is 5.73 Å². The molecule has 0 amide bonds. The Bertz CT molecular complexity index is 702. The summed E-state index contributed by atoms with van der Waals surface area (Å²) in [7, 11) is 0. The molecule has 0 bridgehead atoms. The van der Waals surface area contributed by atoms with Gasteiger partial charge in [-0.2, -0.15) is 0 Å². The molecule has 0 aliphatic heterocycles. The number of H-pyrrole nitrogens is 1. The molecule has 0 atom stereocenters. The number of halogens is 2. The first-order valence-corrected chi connectivity index (χ1v) is 5.65. The zero-order valence-electron chi connectivity index (χ0n) is 8.50. The fourth-order valence-corrected chi connectivity index (χ4v) is 2.36. The minimum atomic E-state index is -0.674. The van der Waals surface area contributed by atoms with Crippen molar-refractivity contribution in [2.75, 3.05) is 5.73 Å². The van der Waals surface area contributed by atoms with Crippen molar-refractivity contribution in [2.45, 2.75) is 0 Å². The van der Waals surface area contributed by atoms with Gasteiger partial charge in [-0.3, -0.25) is 0 Å². The number of aromatic amines is 1. The second-order valence-electron chi connectivity index (χ2n) is 3.57. The summed E-state index contributed by atoms with van der Waals surface area (Å²) in [6, 6.07) is 5.55. The van der Waals surface area contributed by atoms with Crippen LogP contribution in [0.5, 0.6) is 0 Å². The van der Waals surface area contributed by atoms with Crippen molar-refractivity contribution in [2.24, 2.45) is 0 Å².